The molecule has 1 heterocycles. The van der Waals surface area contributed by atoms with Gasteiger partial charge in [-0.1, -0.05) is 13.3 Å². The van der Waals surface area contributed by atoms with Gasteiger partial charge in [-0.05, 0) is 6.42 Å². The summed E-state index contributed by atoms with van der Waals surface area (Å²) in [6, 6.07) is 3.47. The highest BCUT2D eigenvalue weighted by molar-refractivity contribution is 6.06. The monoisotopic (exact) mass is 321 g/mol. The number of benzene rings is 1. The number of anilines is 2. The quantitative estimate of drug-likeness (QED) is 0.742. The van der Waals surface area contributed by atoms with Gasteiger partial charge in [0, 0.05) is 18.7 Å². The van der Waals surface area contributed by atoms with Crippen molar-refractivity contribution >= 4 is 23.2 Å². The first-order chi connectivity index (χ1) is 11.1. The maximum absolute atomic E-state index is 12.2. The molecule has 126 valence electrons. The average Bonchev–Trinajstić information content (AvgIpc) is 2.56. The van der Waals surface area contributed by atoms with Crippen LogP contribution in [0.3, 0.4) is 0 Å². The Bertz CT molecular complexity index is 589. The summed E-state index contributed by atoms with van der Waals surface area (Å²) < 4.78 is 10.5. The summed E-state index contributed by atoms with van der Waals surface area (Å²) >= 11 is 0. The van der Waals surface area contributed by atoms with Crippen molar-refractivity contribution in [3.8, 4) is 11.5 Å². The van der Waals surface area contributed by atoms with E-state index in [1.54, 1.807) is 19.2 Å². The predicted octanol–water partition coefficient (Wildman–Crippen LogP) is 1.38. The summed E-state index contributed by atoms with van der Waals surface area (Å²) in [7, 11) is 3.08. The van der Waals surface area contributed by atoms with E-state index in [9.17, 15) is 9.59 Å². The van der Waals surface area contributed by atoms with Crippen LogP contribution in [0.5, 0.6) is 11.5 Å². The molecular weight excluding hydrogens is 298 g/mol. The summed E-state index contributed by atoms with van der Waals surface area (Å²) in [4.78, 5) is 25.7. The number of rotatable bonds is 7. The number of hydrogen-bond acceptors (Lipinski definition) is 5. The van der Waals surface area contributed by atoms with Crippen molar-refractivity contribution in [2.24, 2.45) is 0 Å². The number of unbranched alkanes of at least 4 members (excludes halogenated alkanes) is 1. The van der Waals surface area contributed by atoms with Crippen LogP contribution < -0.4 is 25.0 Å². The third kappa shape index (κ3) is 3.85. The van der Waals surface area contributed by atoms with E-state index in [1.807, 2.05) is 0 Å². The van der Waals surface area contributed by atoms with Gasteiger partial charge in [-0.15, -0.1) is 0 Å². The predicted molar refractivity (Wildman–Crippen MR) is 88.3 cm³/mol. The fraction of sp³-hybridized carbons (Fsp3) is 0.500. The zero-order valence-electron chi connectivity index (χ0n) is 13.8. The first-order valence-corrected chi connectivity index (χ1v) is 7.67. The average molecular weight is 321 g/mol. The van der Waals surface area contributed by atoms with Gasteiger partial charge in [0.25, 0.3) is 0 Å². The molecular formula is C16H23N3O4. The van der Waals surface area contributed by atoms with Crippen LogP contribution in [0.1, 0.15) is 19.8 Å². The second-order valence-corrected chi connectivity index (χ2v) is 5.26. The highest BCUT2D eigenvalue weighted by atomic mass is 16.5. The number of methoxy groups -OCH3 is 2. The number of nitrogens with zero attached hydrogens (tertiary/aromatic N) is 1. The molecule has 1 aliphatic heterocycles. The van der Waals surface area contributed by atoms with Crippen molar-refractivity contribution in [1.29, 1.82) is 0 Å². The van der Waals surface area contributed by atoms with Crippen LogP contribution in [0.25, 0.3) is 0 Å². The van der Waals surface area contributed by atoms with E-state index in [0.29, 0.717) is 23.7 Å². The van der Waals surface area contributed by atoms with E-state index < -0.39 is 0 Å². The smallest absolute Gasteiger partial charge is 0.246 e. The van der Waals surface area contributed by atoms with Crippen LogP contribution in [-0.4, -0.2) is 45.7 Å². The molecule has 23 heavy (non-hydrogen) atoms. The standard InChI is InChI=1S/C16H23N3O4/c1-4-5-6-17-15(20)10-19-12-8-14(23-3)13(22-2)7-11(12)18-9-16(19)21/h7-8,18H,4-6,9-10H2,1-3H3,(H,17,20). The Morgan fingerprint density at radius 2 is 2.00 bits per heavy atom. The van der Waals surface area contributed by atoms with E-state index in [0.717, 1.165) is 18.5 Å². The minimum atomic E-state index is -0.172. The Balaban J connectivity index is 2.21. The van der Waals surface area contributed by atoms with E-state index in [-0.39, 0.29) is 24.9 Å². The Morgan fingerprint density at radius 3 is 2.65 bits per heavy atom. The van der Waals surface area contributed by atoms with Crippen LogP contribution in [0.15, 0.2) is 12.1 Å². The molecule has 0 atom stereocenters. The van der Waals surface area contributed by atoms with Gasteiger partial charge in [0.05, 0.1) is 32.1 Å². The molecule has 2 rings (SSSR count). The maximum atomic E-state index is 12.2. The topological polar surface area (TPSA) is 79.9 Å². The minimum absolute atomic E-state index is 0.00723. The van der Waals surface area contributed by atoms with Crippen LogP contribution in [0.4, 0.5) is 11.4 Å². The molecule has 1 aromatic carbocycles. The number of carbonyl (C=O) groups is 2. The molecule has 2 N–H and O–H groups in total. The number of amides is 2. The Hall–Kier alpha value is -2.44. The second kappa shape index (κ2) is 7.71. The van der Waals surface area contributed by atoms with Crippen molar-refractivity contribution in [2.75, 3.05) is 44.1 Å². The third-order valence-electron chi connectivity index (χ3n) is 3.68. The second-order valence-electron chi connectivity index (χ2n) is 5.26. The number of fused-ring (bicyclic) bond motifs is 1. The zero-order valence-corrected chi connectivity index (χ0v) is 13.8. The molecule has 0 aliphatic carbocycles. The molecule has 0 aromatic heterocycles. The van der Waals surface area contributed by atoms with Gasteiger partial charge in [-0.3, -0.25) is 14.5 Å². The summed E-state index contributed by atoms with van der Waals surface area (Å²) in [5.74, 6) is 0.754. The lowest BCUT2D eigenvalue weighted by molar-refractivity contribution is -0.123. The van der Waals surface area contributed by atoms with Gasteiger partial charge in [0.1, 0.15) is 6.54 Å². The van der Waals surface area contributed by atoms with E-state index in [4.69, 9.17) is 9.47 Å². The van der Waals surface area contributed by atoms with Crippen LogP contribution in [0.2, 0.25) is 0 Å². The summed E-state index contributed by atoms with van der Waals surface area (Å²) in [6.07, 6.45) is 1.93. The molecule has 7 heteroatoms. The SMILES string of the molecule is CCCCNC(=O)CN1C(=O)CNc2cc(OC)c(OC)cc21. The molecule has 0 unspecified atom stereocenters. The summed E-state index contributed by atoms with van der Waals surface area (Å²) in [6.45, 7) is 2.81. The highest BCUT2D eigenvalue weighted by Crippen LogP contribution is 2.39. The largest absolute Gasteiger partial charge is 0.493 e. The lowest BCUT2D eigenvalue weighted by Gasteiger charge is -2.30. The van der Waals surface area contributed by atoms with E-state index in [2.05, 4.69) is 17.6 Å². The van der Waals surface area contributed by atoms with Crippen molar-refractivity contribution in [3.05, 3.63) is 12.1 Å². The number of ether oxygens (including phenoxy) is 2. The molecule has 0 spiro atoms. The van der Waals surface area contributed by atoms with Gasteiger partial charge in [-0.2, -0.15) is 0 Å². The van der Waals surface area contributed by atoms with Crippen molar-refractivity contribution in [1.82, 2.24) is 5.32 Å². The maximum Gasteiger partial charge on any atom is 0.246 e. The van der Waals surface area contributed by atoms with E-state index >= 15 is 0 Å². The molecule has 2 amide bonds. The molecule has 0 bridgehead atoms. The lowest BCUT2D eigenvalue weighted by Crippen LogP contribution is -2.46. The normalized spacial score (nSPS) is 13.2. The number of carbonyl (C=O) groups excluding carboxylic acids is 2. The third-order valence-corrected chi connectivity index (χ3v) is 3.68. The minimum Gasteiger partial charge on any atom is -0.493 e. The van der Waals surface area contributed by atoms with Gasteiger partial charge < -0.3 is 20.1 Å². The highest BCUT2D eigenvalue weighted by Gasteiger charge is 2.27. The molecule has 0 radical (unpaired) electrons. The Morgan fingerprint density at radius 1 is 1.30 bits per heavy atom. The summed E-state index contributed by atoms with van der Waals surface area (Å²) in [5.41, 5.74) is 1.35. The van der Waals surface area contributed by atoms with E-state index in [1.165, 1.54) is 12.0 Å². The first kappa shape index (κ1) is 16.9. The van der Waals surface area contributed by atoms with Crippen molar-refractivity contribution in [3.63, 3.8) is 0 Å². The van der Waals surface area contributed by atoms with Gasteiger partial charge in [-0.25, -0.2) is 0 Å². The molecule has 7 nitrogen and oxygen atoms in total. The first-order valence-electron chi connectivity index (χ1n) is 7.67. The zero-order chi connectivity index (χ0) is 16.8. The Kier molecular flexibility index (Phi) is 5.67. The molecule has 0 fully saturated rings. The Labute approximate surface area is 135 Å². The number of nitrogens with one attached hydrogen (secondary N) is 2. The molecule has 0 saturated heterocycles. The van der Waals surface area contributed by atoms with Gasteiger partial charge >= 0.3 is 0 Å². The van der Waals surface area contributed by atoms with Gasteiger partial charge in [0.2, 0.25) is 11.8 Å². The van der Waals surface area contributed by atoms with Crippen LogP contribution >= 0.6 is 0 Å². The lowest BCUT2D eigenvalue weighted by atomic mass is 10.1. The number of hydrogen-bond donors (Lipinski definition) is 2. The summed E-state index contributed by atoms with van der Waals surface area (Å²) in [5, 5.41) is 5.86. The van der Waals surface area contributed by atoms with Gasteiger partial charge in [0.15, 0.2) is 11.5 Å². The van der Waals surface area contributed by atoms with Crippen molar-refractivity contribution < 1.29 is 19.1 Å². The molecule has 1 aliphatic rings. The van der Waals surface area contributed by atoms with Crippen LogP contribution in [-0.2, 0) is 9.59 Å². The van der Waals surface area contributed by atoms with Crippen molar-refractivity contribution in [2.45, 2.75) is 19.8 Å². The fourth-order valence-corrected chi connectivity index (χ4v) is 2.41. The fourth-order valence-electron chi connectivity index (χ4n) is 2.41. The molecule has 1 aromatic rings. The van der Waals surface area contributed by atoms with Crippen LogP contribution in [0, 0.1) is 0 Å². The molecule has 0 saturated carbocycles.